The van der Waals surface area contributed by atoms with Crippen LogP contribution in [0.4, 0.5) is 5.69 Å². The molecule has 3 rings (SSSR count). The zero-order valence-electron chi connectivity index (χ0n) is 14.2. The van der Waals surface area contributed by atoms with Crippen LogP contribution in [0.25, 0.3) is 0 Å². The minimum absolute atomic E-state index is 0.830. The van der Waals surface area contributed by atoms with Gasteiger partial charge < -0.3 is 4.90 Å². The Morgan fingerprint density at radius 3 is 1.71 bits per heavy atom. The maximum Gasteiger partial charge on any atom is 0.0458 e. The smallest absolute Gasteiger partial charge is 0.0458 e. The van der Waals surface area contributed by atoms with Crippen LogP contribution in [0.3, 0.4) is 0 Å². The molecule has 0 spiro atoms. The van der Waals surface area contributed by atoms with E-state index in [0.29, 0.717) is 0 Å². The van der Waals surface area contributed by atoms with Gasteiger partial charge in [-0.1, -0.05) is 72.3 Å². The number of rotatable bonds is 5. The van der Waals surface area contributed by atoms with Crippen molar-refractivity contribution in [1.82, 2.24) is 0 Å². The third-order valence-corrected chi connectivity index (χ3v) is 4.78. The van der Waals surface area contributed by atoms with Crippen LogP contribution in [0, 0.1) is 13.8 Å². The minimum atomic E-state index is 0.830. The number of halogens is 1. The van der Waals surface area contributed by atoms with Gasteiger partial charge in [-0.3, -0.25) is 0 Å². The first-order valence-electron chi connectivity index (χ1n) is 8.23. The third kappa shape index (κ3) is 3.98. The standard InChI is InChI=1S/C22H22ClN/c1-17-13-21(14-22(23)18(17)2)24(15-19-9-5-3-6-10-19)16-20-11-7-4-8-12-20/h3-14H,15-16H2,1-2H3. The topological polar surface area (TPSA) is 3.24 Å². The molecule has 24 heavy (non-hydrogen) atoms. The molecule has 0 unspecified atom stereocenters. The lowest BCUT2D eigenvalue weighted by Crippen LogP contribution is -2.22. The Balaban J connectivity index is 1.95. The molecule has 0 saturated heterocycles. The highest BCUT2D eigenvalue weighted by Gasteiger charge is 2.11. The number of nitrogens with zero attached hydrogens (tertiary/aromatic N) is 1. The third-order valence-electron chi connectivity index (χ3n) is 4.39. The van der Waals surface area contributed by atoms with Crippen LogP contribution in [0.1, 0.15) is 22.3 Å². The highest BCUT2D eigenvalue weighted by atomic mass is 35.5. The maximum atomic E-state index is 6.44. The number of hydrogen-bond donors (Lipinski definition) is 0. The van der Waals surface area contributed by atoms with Crippen LogP contribution in [0.5, 0.6) is 0 Å². The predicted molar refractivity (Wildman–Crippen MR) is 104 cm³/mol. The van der Waals surface area contributed by atoms with E-state index in [9.17, 15) is 0 Å². The van der Waals surface area contributed by atoms with E-state index in [-0.39, 0.29) is 0 Å². The van der Waals surface area contributed by atoms with E-state index in [1.54, 1.807) is 0 Å². The van der Waals surface area contributed by atoms with Gasteiger partial charge in [-0.2, -0.15) is 0 Å². The van der Waals surface area contributed by atoms with Crippen LogP contribution in [0.15, 0.2) is 72.8 Å². The zero-order valence-corrected chi connectivity index (χ0v) is 14.9. The second-order valence-corrected chi connectivity index (χ2v) is 6.60. The van der Waals surface area contributed by atoms with Crippen molar-refractivity contribution in [3.05, 3.63) is 100 Å². The molecule has 3 aromatic carbocycles. The van der Waals surface area contributed by atoms with Gasteiger partial charge in [0, 0.05) is 23.8 Å². The van der Waals surface area contributed by atoms with E-state index in [4.69, 9.17) is 11.6 Å². The Morgan fingerprint density at radius 2 is 1.25 bits per heavy atom. The first-order chi connectivity index (χ1) is 11.6. The molecular weight excluding hydrogens is 314 g/mol. The van der Waals surface area contributed by atoms with E-state index in [2.05, 4.69) is 91.5 Å². The molecule has 3 aromatic rings. The van der Waals surface area contributed by atoms with Gasteiger partial charge in [0.2, 0.25) is 0 Å². The molecule has 0 atom stereocenters. The predicted octanol–water partition coefficient (Wildman–Crippen LogP) is 6.16. The Kier molecular flexibility index (Phi) is 5.22. The maximum absolute atomic E-state index is 6.44. The fraction of sp³-hybridized carbons (Fsp3) is 0.182. The summed E-state index contributed by atoms with van der Waals surface area (Å²) in [6, 6.07) is 25.4. The summed E-state index contributed by atoms with van der Waals surface area (Å²) in [6.45, 7) is 5.90. The Labute approximate surface area is 149 Å². The summed E-state index contributed by atoms with van der Waals surface area (Å²) in [7, 11) is 0. The monoisotopic (exact) mass is 335 g/mol. The summed E-state index contributed by atoms with van der Waals surface area (Å²) >= 11 is 6.44. The Bertz CT molecular complexity index is 732. The molecule has 0 saturated carbocycles. The summed E-state index contributed by atoms with van der Waals surface area (Å²) < 4.78 is 0. The fourth-order valence-electron chi connectivity index (χ4n) is 2.83. The summed E-state index contributed by atoms with van der Waals surface area (Å²) in [6.07, 6.45) is 0. The largest absolute Gasteiger partial charge is 0.363 e. The molecule has 0 aliphatic heterocycles. The van der Waals surface area contributed by atoms with Gasteiger partial charge in [-0.25, -0.2) is 0 Å². The van der Waals surface area contributed by atoms with Gasteiger partial charge in [-0.05, 0) is 48.2 Å². The van der Waals surface area contributed by atoms with Crippen LogP contribution >= 0.6 is 11.6 Å². The molecule has 0 radical (unpaired) electrons. The summed E-state index contributed by atoms with van der Waals surface area (Å²) in [4.78, 5) is 2.38. The van der Waals surface area contributed by atoms with E-state index in [1.165, 1.54) is 16.7 Å². The zero-order chi connectivity index (χ0) is 16.9. The van der Waals surface area contributed by atoms with Gasteiger partial charge >= 0.3 is 0 Å². The van der Waals surface area contributed by atoms with Crippen molar-refractivity contribution in [1.29, 1.82) is 0 Å². The van der Waals surface area contributed by atoms with Crippen molar-refractivity contribution < 1.29 is 0 Å². The molecule has 1 nitrogen and oxygen atoms in total. The molecule has 0 aliphatic rings. The average molecular weight is 336 g/mol. The van der Waals surface area contributed by atoms with Crippen LogP contribution < -0.4 is 4.90 Å². The highest BCUT2D eigenvalue weighted by molar-refractivity contribution is 6.31. The van der Waals surface area contributed by atoms with E-state index in [1.807, 2.05) is 0 Å². The highest BCUT2D eigenvalue weighted by Crippen LogP contribution is 2.28. The minimum Gasteiger partial charge on any atom is -0.363 e. The quantitative estimate of drug-likeness (QED) is 0.539. The Hall–Kier alpha value is -2.25. The van der Waals surface area contributed by atoms with E-state index in [0.717, 1.165) is 29.4 Å². The van der Waals surface area contributed by atoms with Gasteiger partial charge in [-0.15, -0.1) is 0 Å². The van der Waals surface area contributed by atoms with Crippen LogP contribution in [-0.2, 0) is 13.1 Å². The molecule has 122 valence electrons. The molecule has 2 heteroatoms. The van der Waals surface area contributed by atoms with Crippen LogP contribution in [0.2, 0.25) is 5.02 Å². The molecule has 0 aromatic heterocycles. The van der Waals surface area contributed by atoms with Crippen molar-refractivity contribution in [2.45, 2.75) is 26.9 Å². The van der Waals surface area contributed by atoms with Crippen molar-refractivity contribution in [2.24, 2.45) is 0 Å². The summed E-state index contributed by atoms with van der Waals surface area (Å²) in [5, 5.41) is 0.830. The van der Waals surface area contributed by atoms with E-state index >= 15 is 0 Å². The van der Waals surface area contributed by atoms with Crippen molar-refractivity contribution in [3.8, 4) is 0 Å². The molecule has 0 fully saturated rings. The molecule has 0 heterocycles. The molecule has 0 amide bonds. The molecule has 0 bridgehead atoms. The first kappa shape index (κ1) is 16.6. The fourth-order valence-corrected chi connectivity index (χ4v) is 3.09. The molecule has 0 N–H and O–H groups in total. The summed E-state index contributed by atoms with van der Waals surface area (Å²) in [5.41, 5.74) is 6.13. The lowest BCUT2D eigenvalue weighted by Gasteiger charge is -2.26. The van der Waals surface area contributed by atoms with Crippen molar-refractivity contribution >= 4 is 17.3 Å². The number of aryl methyl sites for hydroxylation is 1. The molecule has 0 aliphatic carbocycles. The lowest BCUT2D eigenvalue weighted by molar-refractivity contribution is 0.799. The number of benzene rings is 3. The first-order valence-corrected chi connectivity index (χ1v) is 8.61. The van der Waals surface area contributed by atoms with Gasteiger partial charge in [0.25, 0.3) is 0 Å². The van der Waals surface area contributed by atoms with Gasteiger partial charge in [0.1, 0.15) is 0 Å². The SMILES string of the molecule is Cc1cc(N(Cc2ccccc2)Cc2ccccc2)cc(Cl)c1C. The second-order valence-electron chi connectivity index (χ2n) is 6.20. The average Bonchev–Trinajstić information content (AvgIpc) is 2.60. The van der Waals surface area contributed by atoms with E-state index < -0.39 is 0 Å². The Morgan fingerprint density at radius 1 is 0.750 bits per heavy atom. The summed E-state index contributed by atoms with van der Waals surface area (Å²) in [5.74, 6) is 0. The van der Waals surface area contributed by atoms with Gasteiger partial charge in [0.15, 0.2) is 0 Å². The van der Waals surface area contributed by atoms with Crippen molar-refractivity contribution in [2.75, 3.05) is 4.90 Å². The van der Waals surface area contributed by atoms with Gasteiger partial charge in [0.05, 0.1) is 0 Å². The molecular formula is C22H22ClN. The number of anilines is 1. The lowest BCUT2D eigenvalue weighted by atomic mass is 10.1. The second kappa shape index (κ2) is 7.55. The van der Waals surface area contributed by atoms with Crippen LogP contribution in [-0.4, -0.2) is 0 Å². The number of hydrogen-bond acceptors (Lipinski definition) is 1. The normalized spacial score (nSPS) is 10.6. The van der Waals surface area contributed by atoms with Crippen molar-refractivity contribution in [3.63, 3.8) is 0 Å².